The number of aryl methyl sites for hydroxylation is 2. The minimum atomic E-state index is -0.319. The molecule has 3 heteroatoms. The fourth-order valence-electron chi connectivity index (χ4n) is 2.84. The van der Waals surface area contributed by atoms with E-state index in [0.717, 1.165) is 24.2 Å². The molecule has 0 saturated carbocycles. The Bertz CT molecular complexity index is 639. The van der Waals surface area contributed by atoms with Crippen LogP contribution in [0.3, 0.4) is 0 Å². The predicted molar refractivity (Wildman–Crippen MR) is 82.3 cm³/mol. The van der Waals surface area contributed by atoms with Crippen molar-refractivity contribution >= 4 is 0 Å². The van der Waals surface area contributed by atoms with Crippen molar-refractivity contribution in [2.75, 3.05) is 7.05 Å². The van der Waals surface area contributed by atoms with E-state index in [0.29, 0.717) is 6.54 Å². The first-order valence-electron chi connectivity index (χ1n) is 7.49. The van der Waals surface area contributed by atoms with Crippen LogP contribution in [-0.2, 0) is 19.4 Å². The molecule has 110 valence electrons. The molecular formula is C18H20FNO. The van der Waals surface area contributed by atoms with Gasteiger partial charge in [-0.15, -0.1) is 0 Å². The number of rotatable bonds is 4. The molecule has 1 N–H and O–H groups in total. The standard InChI is InChI=1S/C18H20FNO/c1-20-12-13-6-9-18(17(19)10-13)21-16-8-7-14-4-2-3-5-15(14)11-16/h6-11,20H,2-5,12H2,1H3. The molecule has 0 aromatic heterocycles. The topological polar surface area (TPSA) is 21.3 Å². The van der Waals surface area contributed by atoms with E-state index in [1.54, 1.807) is 6.07 Å². The molecule has 1 aliphatic carbocycles. The summed E-state index contributed by atoms with van der Waals surface area (Å²) in [7, 11) is 1.84. The van der Waals surface area contributed by atoms with Crippen LogP contribution in [0.25, 0.3) is 0 Å². The summed E-state index contributed by atoms with van der Waals surface area (Å²) in [4.78, 5) is 0. The molecule has 0 fully saturated rings. The summed E-state index contributed by atoms with van der Waals surface area (Å²) in [5, 5.41) is 3.01. The molecule has 2 aromatic rings. The van der Waals surface area contributed by atoms with E-state index in [-0.39, 0.29) is 11.6 Å². The molecule has 0 unspecified atom stereocenters. The number of ether oxygens (including phenoxy) is 1. The maximum atomic E-state index is 14.0. The zero-order valence-corrected chi connectivity index (χ0v) is 12.3. The molecule has 0 saturated heterocycles. The fraction of sp³-hybridized carbons (Fsp3) is 0.333. The third-order valence-electron chi connectivity index (χ3n) is 3.92. The summed E-state index contributed by atoms with van der Waals surface area (Å²) in [5.41, 5.74) is 3.65. The van der Waals surface area contributed by atoms with Gasteiger partial charge in [0.25, 0.3) is 0 Å². The fourth-order valence-corrected chi connectivity index (χ4v) is 2.84. The van der Waals surface area contributed by atoms with Gasteiger partial charge in [0.1, 0.15) is 5.75 Å². The highest BCUT2D eigenvalue weighted by Crippen LogP contribution is 2.29. The minimum absolute atomic E-state index is 0.283. The van der Waals surface area contributed by atoms with Crippen LogP contribution in [-0.4, -0.2) is 7.05 Å². The quantitative estimate of drug-likeness (QED) is 0.908. The highest BCUT2D eigenvalue weighted by molar-refractivity contribution is 5.40. The Labute approximate surface area is 125 Å². The first-order valence-corrected chi connectivity index (χ1v) is 7.49. The number of hydrogen-bond donors (Lipinski definition) is 1. The lowest BCUT2D eigenvalue weighted by atomic mass is 9.92. The molecule has 0 spiro atoms. The number of halogens is 1. The van der Waals surface area contributed by atoms with Gasteiger partial charge in [0.2, 0.25) is 0 Å². The summed E-state index contributed by atoms with van der Waals surface area (Å²) >= 11 is 0. The molecule has 0 heterocycles. The van der Waals surface area contributed by atoms with Gasteiger partial charge in [0, 0.05) is 6.54 Å². The van der Waals surface area contributed by atoms with Crippen LogP contribution in [0, 0.1) is 5.82 Å². The van der Waals surface area contributed by atoms with Crippen molar-refractivity contribution in [2.24, 2.45) is 0 Å². The molecule has 21 heavy (non-hydrogen) atoms. The summed E-state index contributed by atoms with van der Waals surface area (Å²) in [5.74, 6) is 0.682. The van der Waals surface area contributed by atoms with Crippen LogP contribution >= 0.6 is 0 Å². The van der Waals surface area contributed by atoms with E-state index < -0.39 is 0 Å². The Morgan fingerprint density at radius 3 is 2.62 bits per heavy atom. The predicted octanol–water partition coefficient (Wildman–Crippen LogP) is 4.22. The Kier molecular flexibility index (Phi) is 4.20. The van der Waals surface area contributed by atoms with Gasteiger partial charge in [0.05, 0.1) is 0 Å². The highest BCUT2D eigenvalue weighted by Gasteiger charge is 2.11. The monoisotopic (exact) mass is 285 g/mol. The second-order valence-electron chi connectivity index (χ2n) is 5.53. The average molecular weight is 285 g/mol. The van der Waals surface area contributed by atoms with Crippen LogP contribution in [0.2, 0.25) is 0 Å². The van der Waals surface area contributed by atoms with E-state index in [2.05, 4.69) is 17.4 Å². The smallest absolute Gasteiger partial charge is 0.166 e. The lowest BCUT2D eigenvalue weighted by Crippen LogP contribution is -2.05. The lowest BCUT2D eigenvalue weighted by molar-refractivity contribution is 0.440. The third kappa shape index (κ3) is 3.24. The van der Waals surface area contributed by atoms with Crippen molar-refractivity contribution in [3.63, 3.8) is 0 Å². The number of hydrogen-bond acceptors (Lipinski definition) is 2. The van der Waals surface area contributed by atoms with Crippen LogP contribution in [0.1, 0.15) is 29.5 Å². The van der Waals surface area contributed by atoms with Crippen LogP contribution in [0.5, 0.6) is 11.5 Å². The number of nitrogens with one attached hydrogen (secondary N) is 1. The normalized spacial score (nSPS) is 13.8. The molecule has 0 amide bonds. The molecule has 0 radical (unpaired) electrons. The first kappa shape index (κ1) is 14.1. The second kappa shape index (κ2) is 6.27. The lowest BCUT2D eigenvalue weighted by Gasteiger charge is -2.17. The zero-order chi connectivity index (χ0) is 14.7. The molecule has 0 bridgehead atoms. The van der Waals surface area contributed by atoms with Crippen molar-refractivity contribution in [2.45, 2.75) is 32.2 Å². The molecule has 0 atom stereocenters. The second-order valence-corrected chi connectivity index (χ2v) is 5.53. The molecule has 2 aromatic carbocycles. The zero-order valence-electron chi connectivity index (χ0n) is 12.3. The van der Waals surface area contributed by atoms with E-state index in [9.17, 15) is 4.39 Å². The summed E-state index contributed by atoms with van der Waals surface area (Å²) < 4.78 is 19.8. The van der Waals surface area contributed by atoms with Gasteiger partial charge in [-0.3, -0.25) is 0 Å². The van der Waals surface area contributed by atoms with Crippen molar-refractivity contribution in [3.05, 3.63) is 58.9 Å². The molecule has 3 rings (SSSR count). The molecule has 2 nitrogen and oxygen atoms in total. The maximum Gasteiger partial charge on any atom is 0.166 e. The van der Waals surface area contributed by atoms with Crippen LogP contribution < -0.4 is 10.1 Å². The average Bonchev–Trinajstić information content (AvgIpc) is 2.50. The maximum absolute atomic E-state index is 14.0. The van der Waals surface area contributed by atoms with Gasteiger partial charge in [-0.25, -0.2) is 4.39 Å². The van der Waals surface area contributed by atoms with E-state index in [1.165, 1.54) is 30.0 Å². The van der Waals surface area contributed by atoms with Gasteiger partial charge < -0.3 is 10.1 Å². The van der Waals surface area contributed by atoms with E-state index >= 15 is 0 Å². The van der Waals surface area contributed by atoms with Crippen LogP contribution in [0.4, 0.5) is 4.39 Å². The van der Waals surface area contributed by atoms with E-state index in [4.69, 9.17) is 4.74 Å². The minimum Gasteiger partial charge on any atom is -0.454 e. The van der Waals surface area contributed by atoms with Crippen molar-refractivity contribution < 1.29 is 9.13 Å². The van der Waals surface area contributed by atoms with E-state index in [1.807, 2.05) is 19.2 Å². The van der Waals surface area contributed by atoms with Crippen LogP contribution in [0.15, 0.2) is 36.4 Å². The summed E-state index contributed by atoms with van der Waals surface area (Å²) in [6.07, 6.45) is 4.72. The number of fused-ring (bicyclic) bond motifs is 1. The molecular weight excluding hydrogens is 265 g/mol. The Hall–Kier alpha value is -1.87. The molecule has 0 aliphatic heterocycles. The number of benzene rings is 2. The first-order chi connectivity index (χ1) is 10.3. The Balaban J connectivity index is 1.80. The SMILES string of the molecule is CNCc1ccc(Oc2ccc3c(c2)CCCC3)c(F)c1. The molecule has 1 aliphatic rings. The highest BCUT2D eigenvalue weighted by atomic mass is 19.1. The van der Waals surface area contributed by atoms with Gasteiger partial charge in [-0.1, -0.05) is 12.1 Å². The van der Waals surface area contributed by atoms with Gasteiger partial charge in [-0.05, 0) is 73.7 Å². The van der Waals surface area contributed by atoms with Crippen molar-refractivity contribution in [3.8, 4) is 11.5 Å². The van der Waals surface area contributed by atoms with Crippen molar-refractivity contribution in [1.29, 1.82) is 0 Å². The Morgan fingerprint density at radius 1 is 1.05 bits per heavy atom. The van der Waals surface area contributed by atoms with Crippen molar-refractivity contribution in [1.82, 2.24) is 5.32 Å². The summed E-state index contributed by atoms with van der Waals surface area (Å²) in [6.45, 7) is 0.649. The largest absolute Gasteiger partial charge is 0.454 e. The van der Waals surface area contributed by atoms with Gasteiger partial charge in [-0.2, -0.15) is 0 Å². The van der Waals surface area contributed by atoms with Gasteiger partial charge >= 0.3 is 0 Å². The summed E-state index contributed by atoms with van der Waals surface area (Å²) in [6, 6.07) is 11.2. The Morgan fingerprint density at radius 2 is 1.86 bits per heavy atom. The van der Waals surface area contributed by atoms with Gasteiger partial charge in [0.15, 0.2) is 11.6 Å². The third-order valence-corrected chi connectivity index (χ3v) is 3.92.